The molecular weight excluding hydrogens is 540 g/mol. The van der Waals surface area contributed by atoms with Gasteiger partial charge in [-0.3, -0.25) is 14.3 Å². The average Bonchev–Trinajstić information content (AvgIpc) is 2.95. The summed E-state index contributed by atoms with van der Waals surface area (Å²) >= 11 is 0. The molecule has 0 radical (unpaired) electrons. The van der Waals surface area contributed by atoms with Crippen LogP contribution in [0.5, 0.6) is 17.4 Å². The van der Waals surface area contributed by atoms with Gasteiger partial charge in [-0.25, -0.2) is 24.1 Å². The van der Waals surface area contributed by atoms with Crippen molar-refractivity contribution in [2.24, 2.45) is 10.9 Å². The Bertz CT molecular complexity index is 1680. The lowest BCUT2D eigenvalue weighted by Crippen LogP contribution is -2.51. The molecule has 0 aliphatic carbocycles. The fourth-order valence-corrected chi connectivity index (χ4v) is 3.80. The second-order valence-electron chi connectivity index (χ2n) is 9.06. The first-order valence-electron chi connectivity index (χ1n) is 12.4. The lowest BCUT2D eigenvalue weighted by atomic mass is 10.1. The highest BCUT2D eigenvalue weighted by atomic mass is 19.3. The van der Waals surface area contributed by atoms with E-state index in [2.05, 4.69) is 19.7 Å². The van der Waals surface area contributed by atoms with E-state index in [1.807, 2.05) is 31.2 Å². The van der Waals surface area contributed by atoms with E-state index in [0.29, 0.717) is 11.4 Å². The molecule has 2 heterocycles. The second kappa shape index (κ2) is 12.9. The van der Waals surface area contributed by atoms with Crippen molar-refractivity contribution in [3.05, 3.63) is 105 Å². The molecule has 2 aromatic carbocycles. The summed E-state index contributed by atoms with van der Waals surface area (Å²) in [6.07, 6.45) is 1.11. The summed E-state index contributed by atoms with van der Waals surface area (Å²) in [5, 5.41) is 0. The van der Waals surface area contributed by atoms with Gasteiger partial charge in [0.2, 0.25) is 11.5 Å². The summed E-state index contributed by atoms with van der Waals surface area (Å²) in [6, 6.07) is 16.6. The van der Waals surface area contributed by atoms with Crippen LogP contribution in [0.4, 0.5) is 14.5 Å². The fraction of sp³-hybridized carbons (Fsp3) is 0.250. The van der Waals surface area contributed by atoms with Gasteiger partial charge in [-0.2, -0.15) is 8.78 Å². The Hall–Kier alpha value is -5.07. The molecule has 0 aliphatic heterocycles. The van der Waals surface area contributed by atoms with E-state index in [-0.39, 0.29) is 30.3 Å². The molecular formula is C28H27F2N5O6. The zero-order chi connectivity index (χ0) is 29.5. The summed E-state index contributed by atoms with van der Waals surface area (Å²) in [7, 11) is 1.24. The molecule has 0 aliphatic rings. The van der Waals surface area contributed by atoms with Crippen LogP contribution >= 0.6 is 0 Å². The summed E-state index contributed by atoms with van der Waals surface area (Å²) in [6.45, 7) is 0.481. The molecule has 0 saturated carbocycles. The van der Waals surface area contributed by atoms with E-state index in [9.17, 15) is 23.2 Å². The number of alkyl halides is 2. The standard InChI is InChI=1S/C28H27F2N5O6/c1-17-4-6-19(7-5-17)16-34-26(33-27(37)35(28(34)38)15-18(2)24(36)39-3)32-20-8-10-21(11-9-20)40-23-13-12-22(14-31-23)41-25(29)30/h4-14,18,25H,15-16H2,1-3H3,(H,32,33,37)/t18-/m0/s1. The molecule has 1 N–H and O–H groups in total. The number of benzene rings is 2. The number of aromatic amines is 1. The lowest BCUT2D eigenvalue weighted by molar-refractivity contribution is -0.145. The van der Waals surface area contributed by atoms with Gasteiger partial charge >= 0.3 is 24.0 Å². The zero-order valence-electron chi connectivity index (χ0n) is 22.4. The number of rotatable bonds is 10. The van der Waals surface area contributed by atoms with Crippen LogP contribution in [0.2, 0.25) is 0 Å². The number of carbonyl (C=O) groups excluding carboxylic acids is 1. The number of H-pyrrole nitrogens is 1. The van der Waals surface area contributed by atoms with Crippen molar-refractivity contribution in [1.82, 2.24) is 19.1 Å². The van der Waals surface area contributed by atoms with Crippen molar-refractivity contribution in [2.75, 3.05) is 7.11 Å². The van der Waals surface area contributed by atoms with Crippen LogP contribution in [0.25, 0.3) is 0 Å². The number of nitrogens with one attached hydrogen (secondary N) is 1. The van der Waals surface area contributed by atoms with Crippen LogP contribution < -0.4 is 26.5 Å². The number of methoxy groups -OCH3 is 1. The molecule has 4 rings (SSSR count). The molecule has 0 spiro atoms. The van der Waals surface area contributed by atoms with E-state index >= 15 is 0 Å². The molecule has 11 nitrogen and oxygen atoms in total. The fourth-order valence-electron chi connectivity index (χ4n) is 3.80. The van der Waals surface area contributed by atoms with Crippen LogP contribution in [0.1, 0.15) is 18.1 Å². The maximum atomic E-state index is 13.5. The third kappa shape index (κ3) is 7.53. The maximum absolute atomic E-state index is 13.5. The predicted molar refractivity (Wildman–Crippen MR) is 143 cm³/mol. The molecule has 13 heteroatoms. The Morgan fingerprint density at radius 1 is 1.00 bits per heavy atom. The minimum absolute atomic E-state index is 0.00694. The Balaban J connectivity index is 1.66. The van der Waals surface area contributed by atoms with Crippen LogP contribution in [0.3, 0.4) is 0 Å². The number of carbonyl (C=O) groups is 1. The second-order valence-corrected chi connectivity index (χ2v) is 9.06. The van der Waals surface area contributed by atoms with Gasteiger partial charge in [0.1, 0.15) is 11.5 Å². The lowest BCUT2D eigenvalue weighted by Gasteiger charge is -2.14. The summed E-state index contributed by atoms with van der Waals surface area (Å²) in [5.74, 6) is -0.848. The number of halogens is 2. The van der Waals surface area contributed by atoms with Crippen molar-refractivity contribution in [2.45, 2.75) is 33.5 Å². The van der Waals surface area contributed by atoms with E-state index in [0.717, 1.165) is 21.9 Å². The van der Waals surface area contributed by atoms with Gasteiger partial charge in [0.05, 0.1) is 31.5 Å². The van der Waals surface area contributed by atoms with E-state index in [4.69, 9.17) is 9.47 Å². The monoisotopic (exact) mass is 567 g/mol. The number of hydrogen-bond donors (Lipinski definition) is 1. The van der Waals surface area contributed by atoms with Crippen molar-refractivity contribution >= 4 is 11.7 Å². The number of ether oxygens (including phenoxy) is 3. The highest BCUT2D eigenvalue weighted by Crippen LogP contribution is 2.24. The van der Waals surface area contributed by atoms with Gasteiger partial charge < -0.3 is 14.2 Å². The van der Waals surface area contributed by atoms with Gasteiger partial charge in [0, 0.05) is 12.6 Å². The third-order valence-electron chi connectivity index (χ3n) is 5.93. The predicted octanol–water partition coefficient (Wildman–Crippen LogP) is 3.53. The molecule has 1 atom stereocenters. The number of pyridine rings is 1. The van der Waals surface area contributed by atoms with Gasteiger partial charge in [-0.05, 0) is 42.8 Å². The van der Waals surface area contributed by atoms with Crippen molar-refractivity contribution in [3.8, 4) is 17.4 Å². The Labute approximate surface area is 232 Å². The summed E-state index contributed by atoms with van der Waals surface area (Å²) in [4.78, 5) is 49.3. The topological polar surface area (TPSA) is 130 Å². The highest BCUT2D eigenvalue weighted by molar-refractivity contribution is 5.71. The van der Waals surface area contributed by atoms with Crippen LogP contribution in [-0.4, -0.2) is 38.8 Å². The number of hydrogen-bond acceptors (Lipinski definition) is 8. The molecule has 0 bridgehead atoms. The minimum atomic E-state index is -2.96. The van der Waals surface area contributed by atoms with E-state index < -0.39 is 29.9 Å². The smallest absolute Gasteiger partial charge is 0.387 e. The molecule has 0 saturated heterocycles. The number of aryl methyl sites for hydroxylation is 1. The van der Waals surface area contributed by atoms with Crippen molar-refractivity contribution < 1.29 is 27.8 Å². The van der Waals surface area contributed by atoms with Gasteiger partial charge in [0.15, 0.2) is 0 Å². The Morgan fingerprint density at radius 2 is 1.68 bits per heavy atom. The molecule has 41 heavy (non-hydrogen) atoms. The Morgan fingerprint density at radius 3 is 2.29 bits per heavy atom. The molecule has 4 aromatic rings. The average molecular weight is 568 g/mol. The SMILES string of the molecule is COC(=O)[C@@H](C)Cn1c(=O)[nH]/c(=N\c2ccc(Oc3ccc(OC(F)F)cn3)cc2)n(Cc2ccc(C)cc2)c1=O. The largest absolute Gasteiger partial charge is 0.469 e. The first kappa shape index (κ1) is 28.9. The summed E-state index contributed by atoms with van der Waals surface area (Å²) < 4.78 is 41.5. The molecule has 2 aromatic heterocycles. The molecule has 214 valence electrons. The quantitative estimate of drug-likeness (QED) is 0.290. The first-order valence-corrected chi connectivity index (χ1v) is 12.4. The van der Waals surface area contributed by atoms with Crippen LogP contribution in [0, 0.1) is 12.8 Å². The van der Waals surface area contributed by atoms with Gasteiger partial charge in [0.25, 0.3) is 0 Å². The number of esters is 1. The summed E-state index contributed by atoms with van der Waals surface area (Å²) in [5.41, 5.74) is 0.885. The first-order chi connectivity index (χ1) is 19.6. The molecule has 0 unspecified atom stereocenters. The van der Waals surface area contributed by atoms with Crippen molar-refractivity contribution in [3.63, 3.8) is 0 Å². The van der Waals surface area contributed by atoms with Crippen LogP contribution in [-0.2, 0) is 22.6 Å². The number of nitrogens with zero attached hydrogens (tertiary/aromatic N) is 4. The molecule has 0 amide bonds. The third-order valence-corrected chi connectivity index (χ3v) is 5.93. The highest BCUT2D eigenvalue weighted by Gasteiger charge is 2.18. The van der Waals surface area contributed by atoms with Gasteiger partial charge in [-0.1, -0.05) is 36.8 Å². The Kier molecular flexibility index (Phi) is 9.07. The normalized spacial score (nSPS) is 12.3. The van der Waals surface area contributed by atoms with Crippen molar-refractivity contribution in [1.29, 1.82) is 0 Å². The zero-order valence-corrected chi connectivity index (χ0v) is 22.4. The van der Waals surface area contributed by atoms with Crippen LogP contribution in [0.15, 0.2) is 81.4 Å². The van der Waals surface area contributed by atoms with E-state index in [1.165, 1.54) is 23.8 Å². The molecule has 0 fully saturated rings. The van der Waals surface area contributed by atoms with Gasteiger partial charge in [-0.15, -0.1) is 0 Å². The number of aromatic nitrogens is 4. The maximum Gasteiger partial charge on any atom is 0.387 e. The minimum Gasteiger partial charge on any atom is -0.469 e. The van der Waals surface area contributed by atoms with E-state index in [1.54, 1.807) is 31.2 Å².